The highest BCUT2D eigenvalue weighted by Gasteiger charge is 2.53. The van der Waals surface area contributed by atoms with Crippen molar-refractivity contribution in [1.82, 2.24) is 25.1 Å². The first kappa shape index (κ1) is 25.3. The van der Waals surface area contributed by atoms with E-state index in [1.54, 1.807) is 16.6 Å². The minimum Gasteiger partial charge on any atom is -0.497 e. The van der Waals surface area contributed by atoms with E-state index in [0.717, 1.165) is 49.8 Å². The maximum Gasteiger partial charge on any atom is 0.274 e. The minimum atomic E-state index is -1.08. The molecule has 198 valence electrons. The Balaban J connectivity index is 1.33. The summed E-state index contributed by atoms with van der Waals surface area (Å²) in [6.45, 7) is 2.41. The van der Waals surface area contributed by atoms with Crippen LogP contribution in [0.2, 0.25) is 0 Å². The molecule has 1 aromatic carbocycles. The predicted octanol–water partition coefficient (Wildman–Crippen LogP) is 3.43. The summed E-state index contributed by atoms with van der Waals surface area (Å²) in [5, 5.41) is 6.15. The van der Waals surface area contributed by atoms with E-state index in [1.807, 2.05) is 31.2 Å². The number of carbonyl (C=O) groups excluding carboxylic acids is 3. The number of hydrogen-bond acceptors (Lipinski definition) is 5. The van der Waals surface area contributed by atoms with Gasteiger partial charge in [0.1, 0.15) is 17.0 Å². The van der Waals surface area contributed by atoms with Crippen LogP contribution in [-0.4, -0.2) is 56.9 Å². The average Bonchev–Trinajstić information content (AvgIpc) is 3.61. The molecule has 5 rings (SSSR count). The van der Waals surface area contributed by atoms with Gasteiger partial charge in [0.15, 0.2) is 5.69 Å². The number of fused-ring (bicyclic) bond motifs is 1. The lowest BCUT2D eigenvalue weighted by Gasteiger charge is -2.44. The number of benzene rings is 1. The lowest BCUT2D eigenvalue weighted by atomic mass is 9.93. The smallest absolute Gasteiger partial charge is 0.274 e. The fourth-order valence-corrected chi connectivity index (χ4v) is 5.69. The first-order valence-electron chi connectivity index (χ1n) is 13.5. The molecule has 9 heteroatoms. The topological polar surface area (TPSA) is 106 Å². The second kappa shape index (κ2) is 10.6. The Morgan fingerprint density at radius 2 is 1.73 bits per heavy atom. The summed E-state index contributed by atoms with van der Waals surface area (Å²) in [5.41, 5.74) is 0.314. The maximum atomic E-state index is 13.8. The zero-order chi connectivity index (χ0) is 26.0. The summed E-state index contributed by atoms with van der Waals surface area (Å²) in [5.74, 6) is -0.0579. The van der Waals surface area contributed by atoms with Crippen molar-refractivity contribution in [3.05, 3.63) is 47.5 Å². The number of nitrogens with zero attached hydrogens (tertiary/aromatic N) is 3. The van der Waals surface area contributed by atoms with E-state index in [0.29, 0.717) is 6.54 Å². The second-order valence-corrected chi connectivity index (χ2v) is 10.8. The summed E-state index contributed by atoms with van der Waals surface area (Å²) in [6, 6.07) is 7.62. The molecule has 0 saturated heterocycles. The van der Waals surface area contributed by atoms with Gasteiger partial charge >= 0.3 is 0 Å². The Morgan fingerprint density at radius 1 is 1.05 bits per heavy atom. The molecule has 1 aliphatic heterocycles. The molecule has 37 heavy (non-hydrogen) atoms. The Hall–Kier alpha value is -3.36. The Morgan fingerprint density at radius 3 is 2.38 bits per heavy atom. The molecule has 0 radical (unpaired) electrons. The van der Waals surface area contributed by atoms with Crippen molar-refractivity contribution in [1.29, 1.82) is 0 Å². The van der Waals surface area contributed by atoms with Crippen LogP contribution in [0.5, 0.6) is 5.75 Å². The van der Waals surface area contributed by atoms with Crippen molar-refractivity contribution < 1.29 is 19.1 Å². The van der Waals surface area contributed by atoms with E-state index in [2.05, 4.69) is 15.6 Å². The third-order valence-electron chi connectivity index (χ3n) is 7.94. The van der Waals surface area contributed by atoms with Crippen LogP contribution in [0.3, 0.4) is 0 Å². The molecule has 0 bridgehead atoms. The van der Waals surface area contributed by atoms with E-state index in [-0.39, 0.29) is 47.7 Å². The van der Waals surface area contributed by atoms with Crippen molar-refractivity contribution in [2.45, 2.75) is 95.4 Å². The number of imidazole rings is 1. The van der Waals surface area contributed by atoms with Crippen molar-refractivity contribution in [2.75, 3.05) is 7.11 Å². The first-order valence-corrected chi connectivity index (χ1v) is 13.5. The fourth-order valence-electron chi connectivity index (χ4n) is 5.69. The van der Waals surface area contributed by atoms with Gasteiger partial charge in [-0.2, -0.15) is 0 Å². The van der Waals surface area contributed by atoms with Gasteiger partial charge in [-0.05, 0) is 50.3 Å². The van der Waals surface area contributed by atoms with Crippen molar-refractivity contribution in [3.8, 4) is 5.75 Å². The molecule has 1 aromatic heterocycles. The normalized spacial score (nSPS) is 22.5. The van der Waals surface area contributed by atoms with Gasteiger partial charge in [0.05, 0.1) is 20.0 Å². The Labute approximate surface area is 218 Å². The first-order chi connectivity index (χ1) is 17.9. The van der Waals surface area contributed by atoms with Gasteiger partial charge in [0, 0.05) is 18.6 Å². The van der Waals surface area contributed by atoms with E-state index in [9.17, 15) is 14.4 Å². The van der Waals surface area contributed by atoms with Crippen molar-refractivity contribution >= 4 is 17.7 Å². The summed E-state index contributed by atoms with van der Waals surface area (Å²) < 4.78 is 6.88. The molecule has 2 fully saturated rings. The van der Waals surface area contributed by atoms with Crippen molar-refractivity contribution in [2.24, 2.45) is 0 Å². The maximum absolute atomic E-state index is 13.8. The molecule has 2 N–H and O–H groups in total. The van der Waals surface area contributed by atoms with Gasteiger partial charge in [0.2, 0.25) is 5.91 Å². The van der Waals surface area contributed by atoms with E-state index in [4.69, 9.17) is 4.74 Å². The number of aromatic nitrogens is 2. The average molecular weight is 508 g/mol. The van der Waals surface area contributed by atoms with Gasteiger partial charge in [0.25, 0.3) is 11.8 Å². The zero-order valence-electron chi connectivity index (χ0n) is 21.8. The Kier molecular flexibility index (Phi) is 7.22. The van der Waals surface area contributed by atoms with Gasteiger partial charge in [-0.3, -0.25) is 14.4 Å². The monoisotopic (exact) mass is 507 g/mol. The predicted molar refractivity (Wildman–Crippen MR) is 138 cm³/mol. The number of rotatable bonds is 7. The Bertz CT molecular complexity index is 1150. The van der Waals surface area contributed by atoms with Crippen LogP contribution in [-0.2, 0) is 17.9 Å². The summed E-state index contributed by atoms with van der Waals surface area (Å²) in [7, 11) is 1.61. The number of nitrogens with one attached hydrogen (secondary N) is 2. The molecular weight excluding hydrogens is 470 g/mol. The molecule has 1 atom stereocenters. The second-order valence-electron chi connectivity index (χ2n) is 10.8. The zero-order valence-corrected chi connectivity index (χ0v) is 21.8. The lowest BCUT2D eigenvalue weighted by molar-refractivity contribution is -0.133. The van der Waals surface area contributed by atoms with Crippen LogP contribution in [0.1, 0.15) is 91.3 Å². The standard InChI is InChI=1S/C28H37N5O4/c1-28(27(36)29-16-19-10-14-22(37-2)15-11-19)17-32-18-30-23(24(32)26(35)33(28)21-12-13-21)25(34)31-20-8-6-4-3-5-7-9-20/h10-11,14-15,18,20-21H,3-9,12-13,16-17H2,1-2H3,(H,29,36)(H,31,34). The molecular formula is C28H37N5O4. The lowest BCUT2D eigenvalue weighted by Crippen LogP contribution is -2.64. The van der Waals surface area contributed by atoms with E-state index >= 15 is 0 Å². The minimum absolute atomic E-state index is 0.00518. The molecule has 2 heterocycles. The highest BCUT2D eigenvalue weighted by Crippen LogP contribution is 2.39. The fraction of sp³-hybridized carbons (Fsp3) is 0.571. The number of methoxy groups -OCH3 is 1. The van der Waals surface area contributed by atoms with E-state index in [1.165, 1.54) is 25.6 Å². The third kappa shape index (κ3) is 5.22. The number of hydrogen-bond donors (Lipinski definition) is 2. The van der Waals surface area contributed by atoms with Crippen LogP contribution in [0.15, 0.2) is 30.6 Å². The molecule has 3 aliphatic rings. The van der Waals surface area contributed by atoms with Crippen LogP contribution in [0, 0.1) is 0 Å². The molecule has 2 saturated carbocycles. The molecule has 2 aromatic rings. The van der Waals surface area contributed by atoms with Crippen LogP contribution < -0.4 is 15.4 Å². The molecule has 1 unspecified atom stereocenters. The van der Waals surface area contributed by atoms with Crippen LogP contribution in [0.25, 0.3) is 0 Å². The van der Waals surface area contributed by atoms with Crippen molar-refractivity contribution in [3.63, 3.8) is 0 Å². The molecule has 3 amide bonds. The number of amides is 3. The summed E-state index contributed by atoms with van der Waals surface area (Å²) >= 11 is 0. The summed E-state index contributed by atoms with van der Waals surface area (Å²) in [6.07, 6.45) is 11.0. The van der Waals surface area contributed by atoms with Gasteiger partial charge in [-0.15, -0.1) is 0 Å². The largest absolute Gasteiger partial charge is 0.497 e. The summed E-state index contributed by atoms with van der Waals surface area (Å²) in [4.78, 5) is 46.7. The highest BCUT2D eigenvalue weighted by atomic mass is 16.5. The molecule has 2 aliphatic carbocycles. The quantitative estimate of drug-likeness (QED) is 0.597. The third-order valence-corrected chi connectivity index (χ3v) is 7.94. The van der Waals surface area contributed by atoms with Crippen LogP contribution >= 0.6 is 0 Å². The number of ether oxygens (including phenoxy) is 1. The SMILES string of the molecule is COc1ccc(CNC(=O)C2(C)Cn3cnc(C(=O)NC4CCCCCCC4)c3C(=O)N2C2CC2)cc1. The van der Waals surface area contributed by atoms with Crippen LogP contribution in [0.4, 0.5) is 0 Å². The molecule has 9 nitrogen and oxygen atoms in total. The highest BCUT2D eigenvalue weighted by molar-refractivity contribution is 6.07. The van der Waals surface area contributed by atoms with Gasteiger partial charge in [-0.25, -0.2) is 4.98 Å². The van der Waals surface area contributed by atoms with Gasteiger partial charge < -0.3 is 24.8 Å². The van der Waals surface area contributed by atoms with E-state index < -0.39 is 5.54 Å². The number of carbonyl (C=O) groups is 3. The molecule has 0 spiro atoms. The van der Waals surface area contributed by atoms with Gasteiger partial charge in [-0.1, -0.05) is 44.2 Å².